The first-order valence-electron chi connectivity index (χ1n) is 26.6. The lowest BCUT2D eigenvalue weighted by Crippen LogP contribution is -2.31. The molecule has 416 valence electrons. The van der Waals surface area contributed by atoms with E-state index in [-0.39, 0.29) is 48.0 Å². The van der Waals surface area contributed by atoms with Crippen LogP contribution in [0, 0.1) is 0 Å². The number of esters is 1. The highest BCUT2D eigenvalue weighted by molar-refractivity contribution is 6.32. The summed E-state index contributed by atoms with van der Waals surface area (Å²) < 4.78 is 101. The summed E-state index contributed by atoms with van der Waals surface area (Å²) in [5.41, 5.74) is 5.01. The highest BCUT2D eigenvalue weighted by Gasteiger charge is 2.35. The van der Waals surface area contributed by atoms with Crippen molar-refractivity contribution in [2.75, 3.05) is 46.0 Å². The molecule has 8 aromatic carbocycles. The quantitative estimate of drug-likeness (QED) is 0.0291. The molecule has 0 spiro atoms. The van der Waals surface area contributed by atoms with Crippen LogP contribution >= 0.6 is 23.2 Å². The molecule has 14 heteroatoms. The van der Waals surface area contributed by atoms with Crippen LogP contribution in [-0.2, 0) is 47.8 Å². The minimum Gasteiger partial charge on any atom is -0.494 e. The third-order valence-corrected chi connectivity index (χ3v) is 14.7. The van der Waals surface area contributed by atoms with Gasteiger partial charge in [-0.1, -0.05) is 193 Å². The van der Waals surface area contributed by atoms with Gasteiger partial charge in [0.15, 0.2) is 0 Å². The number of rotatable bonds is 27. The largest absolute Gasteiger partial charge is 0.494 e. The molecule has 0 fully saturated rings. The average Bonchev–Trinajstić information content (AvgIpc) is 3.45. The summed E-state index contributed by atoms with van der Waals surface area (Å²) in [6.45, 7) is 3.25. The van der Waals surface area contributed by atoms with Crippen molar-refractivity contribution in [3.8, 4) is 11.5 Å². The molecule has 0 aliphatic rings. The summed E-state index contributed by atoms with van der Waals surface area (Å²) in [6, 6.07) is 63.0. The average molecular weight is 1130 g/mol. The Kier molecular flexibility index (Phi) is 21.3. The minimum atomic E-state index is -4.59. The first-order valence-corrected chi connectivity index (χ1v) is 27.4. The molecule has 0 aromatic heterocycles. The number of alkyl halides is 6. The molecule has 0 N–H and O–H groups in total. The lowest BCUT2D eigenvalue weighted by atomic mass is 9.90. The van der Waals surface area contributed by atoms with Crippen LogP contribution in [0.1, 0.15) is 80.3 Å². The molecule has 0 aliphatic carbocycles. The van der Waals surface area contributed by atoms with Crippen molar-refractivity contribution in [2.24, 2.45) is 0 Å². The molecule has 80 heavy (non-hydrogen) atoms. The van der Waals surface area contributed by atoms with Crippen molar-refractivity contribution < 1.29 is 45.3 Å². The Labute approximate surface area is 474 Å². The second-order valence-corrected chi connectivity index (χ2v) is 20.4. The van der Waals surface area contributed by atoms with E-state index in [2.05, 4.69) is 58.3 Å². The Hall–Kier alpha value is -7.09. The second kappa shape index (κ2) is 28.9. The van der Waals surface area contributed by atoms with Gasteiger partial charge in [-0.2, -0.15) is 26.3 Å². The highest BCUT2D eigenvalue weighted by Crippen LogP contribution is 2.39. The van der Waals surface area contributed by atoms with E-state index in [0.717, 1.165) is 39.9 Å². The zero-order valence-corrected chi connectivity index (χ0v) is 45.5. The topological polar surface area (TPSA) is 51.2 Å². The predicted molar refractivity (Wildman–Crippen MR) is 304 cm³/mol. The zero-order valence-electron chi connectivity index (χ0n) is 44.0. The number of hydrogen-bond donors (Lipinski definition) is 0. The van der Waals surface area contributed by atoms with E-state index in [1.54, 1.807) is 18.2 Å². The van der Waals surface area contributed by atoms with Crippen molar-refractivity contribution in [1.29, 1.82) is 0 Å². The Morgan fingerprint density at radius 3 is 1.23 bits per heavy atom. The fourth-order valence-corrected chi connectivity index (χ4v) is 10.4. The standard InChI is InChI=1S/C66H62Cl2F6N2O4/c67-63-54(29-15-33-60(63)65(69,70)71)44-75(46-58(50-21-5-1-6-22-50)51-23-7-2-8-24-51)36-17-38-78-56-31-13-19-48(41-56)35-40-80-62(77)43-49-20-14-32-57(42-49)79-39-18-37-76(45-55-30-16-34-61(64(55)68)66(72,73)74)47-59(52-25-9-3-10-26-52)53-27-11-4-12-28-53/h1-16,19-34,41-42,58-59H,17-18,35-40,43-47H2. The Balaban J connectivity index is 0.824. The third-order valence-electron chi connectivity index (χ3n) is 13.8. The lowest BCUT2D eigenvalue weighted by Gasteiger charge is -2.29. The van der Waals surface area contributed by atoms with Crippen molar-refractivity contribution in [2.45, 2.75) is 63.0 Å². The molecule has 0 amide bonds. The summed E-state index contributed by atoms with van der Waals surface area (Å²) in [6.07, 6.45) is -7.57. The number of benzene rings is 8. The lowest BCUT2D eigenvalue weighted by molar-refractivity contribution is -0.142. The molecule has 0 saturated heterocycles. The van der Waals surface area contributed by atoms with Crippen molar-refractivity contribution in [1.82, 2.24) is 9.80 Å². The van der Waals surface area contributed by atoms with Crippen LogP contribution < -0.4 is 9.47 Å². The van der Waals surface area contributed by atoms with E-state index in [9.17, 15) is 31.1 Å². The number of hydrogen-bond acceptors (Lipinski definition) is 6. The molecule has 0 aliphatic heterocycles. The first kappa shape index (κ1) is 59.0. The van der Waals surface area contributed by atoms with Crippen molar-refractivity contribution >= 4 is 29.2 Å². The third kappa shape index (κ3) is 17.5. The van der Waals surface area contributed by atoms with Crippen LogP contribution in [0.4, 0.5) is 26.3 Å². The molecule has 0 saturated carbocycles. The number of nitrogens with zero attached hydrogens (tertiary/aromatic N) is 2. The molecule has 8 aromatic rings. The van der Waals surface area contributed by atoms with E-state index >= 15 is 0 Å². The summed E-state index contributed by atoms with van der Waals surface area (Å²) in [7, 11) is 0. The summed E-state index contributed by atoms with van der Waals surface area (Å²) >= 11 is 12.8. The van der Waals surface area contributed by atoms with Gasteiger partial charge in [-0.05, 0) is 93.7 Å². The number of ether oxygens (including phenoxy) is 3. The molecular formula is C66H62Cl2F6N2O4. The van der Waals surface area contributed by atoms with Gasteiger partial charge in [-0.3, -0.25) is 14.6 Å². The fourth-order valence-electron chi connectivity index (χ4n) is 9.85. The monoisotopic (exact) mass is 1130 g/mol. The summed E-state index contributed by atoms with van der Waals surface area (Å²) in [4.78, 5) is 17.3. The van der Waals surface area contributed by atoms with Gasteiger partial charge in [0.2, 0.25) is 0 Å². The molecule has 6 nitrogen and oxygen atoms in total. The van der Waals surface area contributed by atoms with E-state index in [1.807, 2.05) is 115 Å². The Bertz CT molecular complexity index is 3110. The normalized spacial score (nSPS) is 11.9. The predicted octanol–water partition coefficient (Wildman–Crippen LogP) is 16.6. The van der Waals surface area contributed by atoms with Gasteiger partial charge in [-0.15, -0.1) is 0 Å². The smallest absolute Gasteiger partial charge is 0.417 e. The van der Waals surface area contributed by atoms with Gasteiger partial charge in [0, 0.05) is 57.5 Å². The van der Waals surface area contributed by atoms with Crippen LogP contribution in [0.3, 0.4) is 0 Å². The Morgan fingerprint density at radius 1 is 0.450 bits per heavy atom. The minimum absolute atomic E-state index is 0.0284. The highest BCUT2D eigenvalue weighted by atomic mass is 35.5. The van der Waals surface area contributed by atoms with Crippen LogP contribution in [0.25, 0.3) is 0 Å². The van der Waals surface area contributed by atoms with E-state index in [4.69, 9.17) is 37.4 Å². The molecule has 8 rings (SSSR count). The molecule has 0 heterocycles. The first-order chi connectivity index (χ1) is 38.7. The van der Waals surface area contributed by atoms with Crippen LogP contribution in [0.5, 0.6) is 11.5 Å². The van der Waals surface area contributed by atoms with Crippen LogP contribution in [0.15, 0.2) is 206 Å². The summed E-state index contributed by atoms with van der Waals surface area (Å²) in [5.74, 6) is 0.688. The summed E-state index contributed by atoms with van der Waals surface area (Å²) in [5, 5.41) is -0.606. The van der Waals surface area contributed by atoms with Crippen LogP contribution in [-0.4, -0.2) is 61.8 Å². The molecule has 0 bridgehead atoms. The number of carbonyl (C=O) groups is 1. The van der Waals surface area contributed by atoms with Gasteiger partial charge >= 0.3 is 18.3 Å². The SMILES string of the molecule is O=C(Cc1cccc(OCCCN(Cc2cccc(C(F)(F)F)c2Cl)CC(c2ccccc2)c2ccccc2)c1)OCCc1cccc(OCCCN(Cc2cccc(C(F)(F)F)c2Cl)CC(c2ccccc2)c2ccccc2)c1. The maximum absolute atomic E-state index is 13.9. The van der Waals surface area contributed by atoms with E-state index in [0.29, 0.717) is 86.8 Å². The zero-order chi connectivity index (χ0) is 56.3. The van der Waals surface area contributed by atoms with Gasteiger partial charge in [0.1, 0.15) is 11.5 Å². The van der Waals surface area contributed by atoms with Crippen molar-refractivity contribution in [3.63, 3.8) is 0 Å². The molecular weight excluding hydrogens is 1070 g/mol. The van der Waals surface area contributed by atoms with E-state index < -0.39 is 29.4 Å². The van der Waals surface area contributed by atoms with Crippen LogP contribution in [0.2, 0.25) is 10.0 Å². The fraction of sp³-hybridized carbons (Fsp3) is 0.258. The van der Waals surface area contributed by atoms with E-state index in [1.165, 1.54) is 12.1 Å². The van der Waals surface area contributed by atoms with Crippen molar-refractivity contribution in [3.05, 3.63) is 272 Å². The molecule has 0 unspecified atom stereocenters. The second-order valence-electron chi connectivity index (χ2n) is 19.6. The maximum atomic E-state index is 13.9. The van der Waals surface area contributed by atoms with Gasteiger partial charge in [0.05, 0.1) is 47.4 Å². The molecule has 0 radical (unpaired) electrons. The van der Waals surface area contributed by atoms with Gasteiger partial charge in [-0.25, -0.2) is 0 Å². The number of halogens is 8. The Morgan fingerprint density at radius 2 is 0.825 bits per heavy atom. The number of carbonyl (C=O) groups excluding carboxylic acids is 1. The van der Waals surface area contributed by atoms with Gasteiger partial charge < -0.3 is 14.2 Å². The van der Waals surface area contributed by atoms with Gasteiger partial charge in [0.25, 0.3) is 0 Å². The molecule has 0 atom stereocenters. The maximum Gasteiger partial charge on any atom is 0.417 e.